The van der Waals surface area contributed by atoms with Crippen LogP contribution in [0, 0.1) is 25.7 Å². The second-order valence-corrected chi connectivity index (χ2v) is 3.80. The summed E-state index contributed by atoms with van der Waals surface area (Å²) >= 11 is 9.28. The first-order chi connectivity index (χ1) is 6.15. The Hall–Kier alpha value is -0.450. The van der Waals surface area contributed by atoms with E-state index in [-0.39, 0.29) is 0 Å². The monoisotopic (exact) mass is 256 g/mol. The van der Waals surface area contributed by atoms with Crippen LogP contribution in [0.4, 0.5) is 0 Å². The average Bonchev–Trinajstić information content (AvgIpc) is 2.10. The van der Waals surface area contributed by atoms with Crippen LogP contribution in [0.15, 0.2) is 12.1 Å². The van der Waals surface area contributed by atoms with E-state index in [1.807, 2.05) is 26.0 Å². The van der Waals surface area contributed by atoms with Gasteiger partial charge < -0.3 is 0 Å². The van der Waals surface area contributed by atoms with Crippen molar-refractivity contribution in [1.29, 1.82) is 0 Å². The Labute approximate surface area is 92.4 Å². The molecular weight excluding hydrogens is 247 g/mol. The molecule has 0 N–H and O–H groups in total. The van der Waals surface area contributed by atoms with Crippen LogP contribution in [-0.2, 0) is 0 Å². The fourth-order valence-corrected chi connectivity index (χ4v) is 1.40. The minimum Gasteiger partial charge on any atom is -0.0863 e. The third kappa shape index (κ3) is 2.76. The summed E-state index contributed by atoms with van der Waals surface area (Å²) < 4.78 is 0. The molecule has 0 aliphatic rings. The maximum absolute atomic E-state index is 6.03. The molecule has 2 heteroatoms. The van der Waals surface area contributed by atoms with Crippen molar-refractivity contribution in [3.8, 4) is 11.8 Å². The lowest BCUT2D eigenvalue weighted by Gasteiger charge is -2.02. The van der Waals surface area contributed by atoms with Crippen LogP contribution in [0.5, 0.6) is 0 Å². The highest BCUT2D eigenvalue weighted by atomic mass is 79.9. The highest BCUT2D eigenvalue weighted by Gasteiger charge is 2.00. The van der Waals surface area contributed by atoms with Crippen molar-refractivity contribution in [2.45, 2.75) is 13.8 Å². The molecule has 0 atom stereocenters. The zero-order chi connectivity index (χ0) is 9.84. The van der Waals surface area contributed by atoms with Crippen LogP contribution in [0.25, 0.3) is 0 Å². The van der Waals surface area contributed by atoms with Gasteiger partial charge in [0.1, 0.15) is 0 Å². The van der Waals surface area contributed by atoms with Crippen molar-refractivity contribution >= 4 is 27.5 Å². The number of hydrogen-bond donors (Lipinski definition) is 0. The number of alkyl halides is 1. The Morgan fingerprint density at radius 3 is 2.31 bits per heavy atom. The standard InChI is InChI=1S/C11H10BrCl/c1-8-6-10(4-3-5-12)7-9(2)11(8)13/h6-7H,5H2,1-2H3. The third-order valence-corrected chi connectivity index (χ3v) is 2.61. The van der Waals surface area contributed by atoms with E-state index in [0.717, 1.165) is 21.7 Å². The van der Waals surface area contributed by atoms with E-state index in [1.165, 1.54) is 0 Å². The summed E-state index contributed by atoms with van der Waals surface area (Å²) in [5.74, 6) is 6.01. The van der Waals surface area contributed by atoms with Gasteiger partial charge in [0.2, 0.25) is 0 Å². The van der Waals surface area contributed by atoms with Crippen molar-refractivity contribution < 1.29 is 0 Å². The third-order valence-electron chi connectivity index (χ3n) is 1.74. The molecule has 1 aromatic rings. The number of rotatable bonds is 0. The molecule has 0 amide bonds. The quantitative estimate of drug-likeness (QED) is 0.491. The molecule has 0 saturated carbocycles. The van der Waals surface area contributed by atoms with Crippen LogP contribution in [-0.4, -0.2) is 5.33 Å². The molecule has 0 spiro atoms. The zero-order valence-electron chi connectivity index (χ0n) is 7.62. The lowest BCUT2D eigenvalue weighted by molar-refractivity contribution is 1.37. The van der Waals surface area contributed by atoms with Gasteiger partial charge in [0.25, 0.3) is 0 Å². The summed E-state index contributed by atoms with van der Waals surface area (Å²) in [6.45, 7) is 3.99. The Kier molecular flexibility index (Phi) is 3.84. The largest absolute Gasteiger partial charge is 0.0863 e. The number of halogens is 2. The van der Waals surface area contributed by atoms with Gasteiger partial charge in [-0.05, 0) is 37.1 Å². The van der Waals surface area contributed by atoms with Crippen LogP contribution >= 0.6 is 27.5 Å². The van der Waals surface area contributed by atoms with Gasteiger partial charge in [0.15, 0.2) is 0 Å². The summed E-state index contributed by atoms with van der Waals surface area (Å²) in [4.78, 5) is 0. The maximum atomic E-state index is 6.03. The normalized spacial score (nSPS) is 9.23. The minimum atomic E-state index is 0.702. The molecule has 0 bridgehead atoms. The van der Waals surface area contributed by atoms with Crippen LogP contribution in [0.3, 0.4) is 0 Å². The highest BCUT2D eigenvalue weighted by Crippen LogP contribution is 2.21. The number of hydrogen-bond acceptors (Lipinski definition) is 0. The molecule has 0 heterocycles. The molecule has 0 aromatic heterocycles. The van der Waals surface area contributed by atoms with E-state index >= 15 is 0 Å². The smallest absolute Gasteiger partial charge is 0.0649 e. The topological polar surface area (TPSA) is 0 Å². The Morgan fingerprint density at radius 1 is 1.31 bits per heavy atom. The van der Waals surface area contributed by atoms with Gasteiger partial charge in [-0.15, -0.1) is 0 Å². The molecule has 0 aliphatic carbocycles. The van der Waals surface area contributed by atoms with E-state index in [4.69, 9.17) is 11.6 Å². The van der Waals surface area contributed by atoms with Gasteiger partial charge >= 0.3 is 0 Å². The molecule has 1 aromatic carbocycles. The molecule has 1 rings (SSSR count). The summed E-state index contributed by atoms with van der Waals surface area (Å²) in [6, 6.07) is 4.01. The fourth-order valence-electron chi connectivity index (χ4n) is 1.15. The first kappa shape index (κ1) is 10.6. The van der Waals surface area contributed by atoms with Crippen molar-refractivity contribution in [2.24, 2.45) is 0 Å². The van der Waals surface area contributed by atoms with Crippen LogP contribution in [0.1, 0.15) is 16.7 Å². The number of aryl methyl sites for hydroxylation is 2. The lowest BCUT2D eigenvalue weighted by atomic mass is 10.1. The SMILES string of the molecule is Cc1cc(C#CCBr)cc(C)c1Cl. The predicted molar refractivity (Wildman–Crippen MR) is 61.6 cm³/mol. The molecule has 0 unspecified atom stereocenters. The minimum absolute atomic E-state index is 0.702. The second kappa shape index (κ2) is 4.69. The fraction of sp³-hybridized carbons (Fsp3) is 0.273. The number of benzene rings is 1. The molecule has 0 fully saturated rings. The average molecular weight is 258 g/mol. The van der Waals surface area contributed by atoms with Gasteiger partial charge in [-0.3, -0.25) is 0 Å². The van der Waals surface area contributed by atoms with Crippen molar-refractivity contribution in [1.82, 2.24) is 0 Å². The van der Waals surface area contributed by atoms with E-state index in [2.05, 4.69) is 27.8 Å². The Balaban J connectivity index is 3.13. The molecule has 68 valence electrons. The molecule has 0 radical (unpaired) electrons. The summed E-state index contributed by atoms with van der Waals surface area (Å²) in [7, 11) is 0. The van der Waals surface area contributed by atoms with E-state index < -0.39 is 0 Å². The van der Waals surface area contributed by atoms with Crippen molar-refractivity contribution in [3.05, 3.63) is 33.8 Å². The van der Waals surface area contributed by atoms with Gasteiger partial charge in [0, 0.05) is 10.6 Å². The lowest BCUT2D eigenvalue weighted by Crippen LogP contribution is -1.84. The van der Waals surface area contributed by atoms with Gasteiger partial charge in [-0.25, -0.2) is 0 Å². The van der Waals surface area contributed by atoms with E-state index in [9.17, 15) is 0 Å². The summed E-state index contributed by atoms with van der Waals surface area (Å²) in [6.07, 6.45) is 0. The Morgan fingerprint density at radius 2 is 1.85 bits per heavy atom. The van der Waals surface area contributed by atoms with E-state index in [0.29, 0.717) is 5.33 Å². The second-order valence-electron chi connectivity index (χ2n) is 2.86. The highest BCUT2D eigenvalue weighted by molar-refractivity contribution is 9.09. The van der Waals surface area contributed by atoms with Gasteiger partial charge in [-0.1, -0.05) is 39.4 Å². The van der Waals surface area contributed by atoms with Crippen molar-refractivity contribution in [2.75, 3.05) is 5.33 Å². The zero-order valence-corrected chi connectivity index (χ0v) is 9.96. The van der Waals surface area contributed by atoms with Crippen LogP contribution < -0.4 is 0 Å². The van der Waals surface area contributed by atoms with Crippen LogP contribution in [0.2, 0.25) is 5.02 Å². The predicted octanol–water partition coefficient (Wildman–Crippen LogP) is 3.70. The van der Waals surface area contributed by atoms with E-state index in [1.54, 1.807) is 0 Å². The van der Waals surface area contributed by atoms with Gasteiger partial charge in [-0.2, -0.15) is 0 Å². The van der Waals surface area contributed by atoms with Crippen molar-refractivity contribution in [3.63, 3.8) is 0 Å². The molecule has 0 nitrogen and oxygen atoms in total. The first-order valence-electron chi connectivity index (χ1n) is 3.96. The molecule has 0 aliphatic heterocycles. The molecular formula is C11H10BrCl. The summed E-state index contributed by atoms with van der Waals surface area (Å²) in [5.41, 5.74) is 3.19. The molecule has 13 heavy (non-hydrogen) atoms. The first-order valence-corrected chi connectivity index (χ1v) is 5.46. The summed E-state index contributed by atoms with van der Waals surface area (Å²) in [5, 5.41) is 1.54. The Bertz CT molecular complexity index is 348. The molecule has 0 saturated heterocycles. The van der Waals surface area contributed by atoms with Gasteiger partial charge in [0.05, 0.1) is 5.33 Å². The maximum Gasteiger partial charge on any atom is 0.0649 e.